The van der Waals surface area contributed by atoms with Crippen LogP contribution in [0.1, 0.15) is 36.4 Å². The lowest BCUT2D eigenvalue weighted by Gasteiger charge is -2.05. The van der Waals surface area contributed by atoms with Crippen molar-refractivity contribution in [2.45, 2.75) is 46.6 Å². The van der Waals surface area contributed by atoms with Crippen molar-refractivity contribution in [2.75, 3.05) is 0 Å². The Labute approximate surface area is 120 Å². The van der Waals surface area contributed by atoms with E-state index in [0.29, 0.717) is 12.8 Å². The normalized spacial score (nSPS) is 10.8. The third-order valence-corrected chi connectivity index (χ3v) is 3.44. The summed E-state index contributed by atoms with van der Waals surface area (Å²) in [4.78, 5) is 12.2. The smallest absolute Gasteiger partial charge is 0.143 e. The second kappa shape index (κ2) is 6.51. The molecule has 3 heteroatoms. The van der Waals surface area contributed by atoms with Crippen molar-refractivity contribution in [3.63, 3.8) is 0 Å². The highest BCUT2D eigenvalue weighted by Gasteiger charge is 2.11. The first-order chi connectivity index (χ1) is 9.62. The van der Waals surface area contributed by atoms with Gasteiger partial charge in [-0.2, -0.15) is 5.10 Å². The van der Waals surface area contributed by atoms with Crippen molar-refractivity contribution in [3.05, 3.63) is 52.8 Å². The van der Waals surface area contributed by atoms with Gasteiger partial charge in [0.15, 0.2) is 0 Å². The van der Waals surface area contributed by atoms with Crippen molar-refractivity contribution < 1.29 is 4.79 Å². The number of hydrogen-bond donors (Lipinski definition) is 0. The quantitative estimate of drug-likeness (QED) is 0.808. The Morgan fingerprint density at radius 1 is 1.20 bits per heavy atom. The van der Waals surface area contributed by atoms with Crippen LogP contribution in [0.15, 0.2) is 30.3 Å². The number of carbonyl (C=O) groups excluding carboxylic acids is 1. The molecule has 0 fully saturated rings. The minimum Gasteiger partial charge on any atom is -0.299 e. The minimum absolute atomic E-state index is 0.243. The molecule has 0 spiro atoms. The number of benzene rings is 1. The molecular formula is C17H22N2O. The first-order valence-corrected chi connectivity index (χ1v) is 7.25. The predicted octanol–water partition coefficient (Wildman–Crippen LogP) is 3.13. The first-order valence-electron chi connectivity index (χ1n) is 7.25. The Bertz CT molecular complexity index is 599. The number of rotatable bonds is 6. The third kappa shape index (κ3) is 3.56. The van der Waals surface area contributed by atoms with Crippen molar-refractivity contribution in [1.29, 1.82) is 0 Å². The van der Waals surface area contributed by atoms with E-state index in [0.717, 1.165) is 29.9 Å². The molecule has 0 aliphatic rings. The molecule has 0 unspecified atom stereocenters. The van der Waals surface area contributed by atoms with E-state index in [4.69, 9.17) is 0 Å². The lowest BCUT2D eigenvalue weighted by molar-refractivity contribution is -0.117. The van der Waals surface area contributed by atoms with Crippen LogP contribution in [0.5, 0.6) is 0 Å². The van der Waals surface area contributed by atoms with Crippen LogP contribution in [-0.2, 0) is 30.6 Å². The van der Waals surface area contributed by atoms with Crippen LogP contribution in [0.3, 0.4) is 0 Å². The number of Topliss-reactive ketones (excluding diaryl/α,β-unsaturated/α-hetero) is 1. The van der Waals surface area contributed by atoms with Crippen LogP contribution in [0.25, 0.3) is 0 Å². The van der Waals surface area contributed by atoms with E-state index in [9.17, 15) is 4.79 Å². The largest absolute Gasteiger partial charge is 0.299 e. The molecule has 20 heavy (non-hydrogen) atoms. The maximum atomic E-state index is 12.2. The molecule has 0 atom stereocenters. The van der Waals surface area contributed by atoms with Crippen LogP contribution in [0, 0.1) is 6.92 Å². The van der Waals surface area contributed by atoms with Gasteiger partial charge in [0.25, 0.3) is 0 Å². The summed E-state index contributed by atoms with van der Waals surface area (Å²) in [6.07, 6.45) is 1.87. The number of carbonyl (C=O) groups is 1. The number of nitrogens with zero attached hydrogens (tertiary/aromatic N) is 2. The molecule has 2 rings (SSSR count). The Kier molecular flexibility index (Phi) is 4.72. The number of aryl methyl sites for hydroxylation is 3. The van der Waals surface area contributed by atoms with E-state index in [2.05, 4.69) is 31.1 Å². The van der Waals surface area contributed by atoms with Crippen LogP contribution in [0.4, 0.5) is 0 Å². The average Bonchev–Trinajstić information content (AvgIpc) is 2.80. The van der Waals surface area contributed by atoms with Gasteiger partial charge in [0.2, 0.25) is 0 Å². The second-order valence-corrected chi connectivity index (χ2v) is 5.18. The van der Waals surface area contributed by atoms with E-state index in [-0.39, 0.29) is 5.78 Å². The Hall–Kier alpha value is -1.90. The van der Waals surface area contributed by atoms with Crippen LogP contribution >= 0.6 is 0 Å². The van der Waals surface area contributed by atoms with Gasteiger partial charge < -0.3 is 0 Å². The molecule has 106 valence electrons. The van der Waals surface area contributed by atoms with Gasteiger partial charge in [-0.1, -0.05) is 36.8 Å². The van der Waals surface area contributed by atoms with Crippen LogP contribution < -0.4 is 0 Å². The molecule has 1 aromatic carbocycles. The maximum Gasteiger partial charge on any atom is 0.143 e. The topological polar surface area (TPSA) is 34.9 Å². The fourth-order valence-electron chi connectivity index (χ4n) is 2.42. The summed E-state index contributed by atoms with van der Waals surface area (Å²) in [5.74, 6) is 0.243. The lowest BCUT2D eigenvalue weighted by atomic mass is 10.0. The lowest BCUT2D eigenvalue weighted by Crippen LogP contribution is -2.11. The summed E-state index contributed by atoms with van der Waals surface area (Å²) in [6, 6.07) is 10.2. The SMILES string of the molecule is CCc1cc(CC(=O)Cc2cccc(C)c2)n(CC)n1. The van der Waals surface area contributed by atoms with Crippen molar-refractivity contribution in [1.82, 2.24) is 9.78 Å². The van der Waals surface area contributed by atoms with Crippen molar-refractivity contribution in [3.8, 4) is 0 Å². The number of aromatic nitrogens is 2. The van der Waals surface area contributed by atoms with Crippen LogP contribution in [-0.4, -0.2) is 15.6 Å². The molecule has 0 N–H and O–H groups in total. The zero-order chi connectivity index (χ0) is 14.5. The van der Waals surface area contributed by atoms with Crippen LogP contribution in [0.2, 0.25) is 0 Å². The highest BCUT2D eigenvalue weighted by molar-refractivity contribution is 5.82. The highest BCUT2D eigenvalue weighted by Crippen LogP contribution is 2.10. The second-order valence-electron chi connectivity index (χ2n) is 5.18. The Morgan fingerprint density at radius 3 is 2.65 bits per heavy atom. The molecule has 2 aromatic rings. The molecular weight excluding hydrogens is 248 g/mol. The molecule has 3 nitrogen and oxygen atoms in total. The van der Waals surface area contributed by atoms with Gasteiger partial charge in [0, 0.05) is 25.1 Å². The number of ketones is 1. The predicted molar refractivity (Wildman–Crippen MR) is 80.9 cm³/mol. The monoisotopic (exact) mass is 270 g/mol. The zero-order valence-corrected chi connectivity index (χ0v) is 12.5. The van der Waals surface area contributed by atoms with Crippen molar-refractivity contribution in [2.24, 2.45) is 0 Å². The molecule has 0 saturated carbocycles. The van der Waals surface area contributed by atoms with E-state index >= 15 is 0 Å². The molecule has 0 aliphatic heterocycles. The summed E-state index contributed by atoms with van der Waals surface area (Å²) >= 11 is 0. The number of hydrogen-bond acceptors (Lipinski definition) is 2. The van der Waals surface area contributed by atoms with E-state index in [1.165, 1.54) is 5.56 Å². The van der Waals surface area contributed by atoms with Gasteiger partial charge in [-0.25, -0.2) is 0 Å². The summed E-state index contributed by atoms with van der Waals surface area (Å²) < 4.78 is 1.94. The summed E-state index contributed by atoms with van der Waals surface area (Å²) in [7, 11) is 0. The Morgan fingerprint density at radius 2 is 2.00 bits per heavy atom. The highest BCUT2D eigenvalue weighted by atomic mass is 16.1. The third-order valence-electron chi connectivity index (χ3n) is 3.44. The molecule has 0 saturated heterocycles. The maximum absolute atomic E-state index is 12.2. The van der Waals surface area contributed by atoms with E-state index in [1.807, 2.05) is 29.8 Å². The summed E-state index contributed by atoms with van der Waals surface area (Å²) in [5.41, 5.74) is 4.38. The molecule has 1 heterocycles. The standard InChI is InChI=1S/C17H22N2O/c1-4-15-11-16(19(5-2)18-15)12-17(20)10-14-8-6-7-13(3)9-14/h6-9,11H,4-5,10,12H2,1-3H3. The Balaban J connectivity index is 2.06. The zero-order valence-electron chi connectivity index (χ0n) is 12.5. The van der Waals surface area contributed by atoms with Gasteiger partial charge in [-0.15, -0.1) is 0 Å². The molecule has 0 amide bonds. The summed E-state index contributed by atoms with van der Waals surface area (Å²) in [6.45, 7) is 7.00. The van der Waals surface area contributed by atoms with E-state index in [1.54, 1.807) is 0 Å². The molecule has 0 bridgehead atoms. The van der Waals surface area contributed by atoms with Gasteiger partial charge in [0.05, 0.1) is 5.69 Å². The van der Waals surface area contributed by atoms with Gasteiger partial charge in [-0.05, 0) is 31.9 Å². The minimum atomic E-state index is 0.243. The van der Waals surface area contributed by atoms with Gasteiger partial charge >= 0.3 is 0 Å². The molecule has 1 aromatic heterocycles. The summed E-state index contributed by atoms with van der Waals surface area (Å²) in [5, 5.41) is 4.49. The van der Waals surface area contributed by atoms with Gasteiger partial charge in [-0.3, -0.25) is 9.48 Å². The molecule has 0 aliphatic carbocycles. The van der Waals surface area contributed by atoms with E-state index < -0.39 is 0 Å². The fraction of sp³-hybridized carbons (Fsp3) is 0.412. The first kappa shape index (κ1) is 14.5. The van der Waals surface area contributed by atoms with Gasteiger partial charge in [0.1, 0.15) is 5.78 Å². The average molecular weight is 270 g/mol. The molecule has 0 radical (unpaired) electrons. The van der Waals surface area contributed by atoms with Crippen molar-refractivity contribution >= 4 is 5.78 Å². The fourth-order valence-corrected chi connectivity index (χ4v) is 2.42.